The summed E-state index contributed by atoms with van der Waals surface area (Å²) in [5.74, 6) is 0.533. The molecule has 0 aromatic heterocycles. The predicted octanol–water partition coefficient (Wildman–Crippen LogP) is 1.56. The molecule has 1 N–H and O–H groups in total. The van der Waals surface area contributed by atoms with Crippen molar-refractivity contribution < 1.29 is 5.11 Å². The molecule has 0 aromatic rings. The van der Waals surface area contributed by atoms with Crippen LogP contribution in [-0.4, -0.2) is 59.8 Å². The van der Waals surface area contributed by atoms with Gasteiger partial charge in [0.05, 0.1) is 6.10 Å². The van der Waals surface area contributed by atoms with E-state index in [-0.39, 0.29) is 6.10 Å². The maximum atomic E-state index is 10.3. The first kappa shape index (κ1) is 13.3. The standard InChI is InChI=1S/C14H28N2O/c1-12(2)16-9-5-13(6-10-16)14(17)11-15-7-3-4-8-15/h12-14,17H,3-11H2,1-2H3. The minimum atomic E-state index is -0.0950. The van der Waals surface area contributed by atoms with Gasteiger partial charge >= 0.3 is 0 Å². The fraction of sp³-hybridized carbons (Fsp3) is 1.00. The lowest BCUT2D eigenvalue weighted by molar-refractivity contribution is 0.0304. The first-order chi connectivity index (χ1) is 8.16. The summed E-state index contributed by atoms with van der Waals surface area (Å²) >= 11 is 0. The second-order valence-corrected chi connectivity index (χ2v) is 6.04. The van der Waals surface area contributed by atoms with Gasteiger partial charge in [0.2, 0.25) is 0 Å². The van der Waals surface area contributed by atoms with E-state index in [2.05, 4.69) is 23.6 Å². The highest BCUT2D eigenvalue weighted by Gasteiger charge is 2.27. The highest BCUT2D eigenvalue weighted by Crippen LogP contribution is 2.23. The van der Waals surface area contributed by atoms with Gasteiger partial charge in [0.25, 0.3) is 0 Å². The SMILES string of the molecule is CC(C)N1CCC(C(O)CN2CCCC2)CC1. The van der Waals surface area contributed by atoms with Crippen molar-refractivity contribution in [1.82, 2.24) is 9.80 Å². The topological polar surface area (TPSA) is 26.7 Å². The Hall–Kier alpha value is -0.120. The average molecular weight is 240 g/mol. The molecule has 3 nitrogen and oxygen atoms in total. The van der Waals surface area contributed by atoms with Crippen molar-refractivity contribution in [2.24, 2.45) is 5.92 Å². The Balaban J connectivity index is 1.71. The average Bonchev–Trinajstić information content (AvgIpc) is 2.82. The Bertz CT molecular complexity index is 218. The van der Waals surface area contributed by atoms with Crippen molar-refractivity contribution >= 4 is 0 Å². The molecule has 3 heteroatoms. The molecule has 1 unspecified atom stereocenters. The molecule has 17 heavy (non-hydrogen) atoms. The molecule has 2 fully saturated rings. The van der Waals surface area contributed by atoms with Crippen LogP contribution in [0.5, 0.6) is 0 Å². The maximum absolute atomic E-state index is 10.3. The Morgan fingerprint density at radius 1 is 1.06 bits per heavy atom. The number of hydrogen-bond donors (Lipinski definition) is 1. The predicted molar refractivity (Wildman–Crippen MR) is 71.1 cm³/mol. The molecule has 0 bridgehead atoms. The van der Waals surface area contributed by atoms with Crippen LogP contribution >= 0.6 is 0 Å². The van der Waals surface area contributed by atoms with E-state index in [4.69, 9.17) is 0 Å². The zero-order valence-electron chi connectivity index (χ0n) is 11.4. The third kappa shape index (κ3) is 3.67. The molecule has 0 radical (unpaired) electrons. The number of nitrogens with zero attached hydrogens (tertiary/aromatic N) is 2. The molecule has 2 rings (SSSR count). The summed E-state index contributed by atoms with van der Waals surface area (Å²) in [6, 6.07) is 0.659. The van der Waals surface area contributed by atoms with Crippen LogP contribution in [0.1, 0.15) is 39.5 Å². The van der Waals surface area contributed by atoms with E-state index >= 15 is 0 Å². The van der Waals surface area contributed by atoms with Gasteiger partial charge in [0.15, 0.2) is 0 Å². The highest BCUT2D eigenvalue weighted by molar-refractivity contribution is 4.81. The molecule has 0 amide bonds. The monoisotopic (exact) mass is 240 g/mol. The molecular weight excluding hydrogens is 212 g/mol. The summed E-state index contributed by atoms with van der Waals surface area (Å²) in [5, 5.41) is 10.3. The third-order valence-electron chi connectivity index (χ3n) is 4.49. The minimum Gasteiger partial charge on any atom is -0.392 e. The van der Waals surface area contributed by atoms with Gasteiger partial charge in [-0.05, 0) is 71.6 Å². The van der Waals surface area contributed by atoms with Gasteiger partial charge in [0.1, 0.15) is 0 Å². The van der Waals surface area contributed by atoms with E-state index in [1.807, 2.05) is 0 Å². The second kappa shape index (κ2) is 6.17. The zero-order valence-corrected chi connectivity index (χ0v) is 11.4. The molecule has 0 aromatic carbocycles. The number of likely N-dealkylation sites (tertiary alicyclic amines) is 2. The van der Waals surface area contributed by atoms with E-state index in [0.29, 0.717) is 12.0 Å². The summed E-state index contributed by atoms with van der Waals surface area (Å²) < 4.78 is 0. The molecule has 100 valence electrons. The van der Waals surface area contributed by atoms with Crippen molar-refractivity contribution in [3.8, 4) is 0 Å². The molecule has 0 aliphatic carbocycles. The summed E-state index contributed by atoms with van der Waals surface area (Å²) in [5.41, 5.74) is 0. The van der Waals surface area contributed by atoms with Gasteiger partial charge in [-0.2, -0.15) is 0 Å². The highest BCUT2D eigenvalue weighted by atomic mass is 16.3. The van der Waals surface area contributed by atoms with E-state index in [1.54, 1.807) is 0 Å². The zero-order chi connectivity index (χ0) is 12.3. The quantitative estimate of drug-likeness (QED) is 0.808. The Labute approximate surface area is 106 Å². The number of β-amino-alcohol motifs (C(OH)–C–C–N with tert-alkyl or cyclic N) is 1. The molecular formula is C14H28N2O. The van der Waals surface area contributed by atoms with Crippen LogP contribution in [0.25, 0.3) is 0 Å². The number of aliphatic hydroxyl groups excluding tert-OH is 1. The third-order valence-corrected chi connectivity index (χ3v) is 4.49. The largest absolute Gasteiger partial charge is 0.392 e. The molecule has 2 aliphatic heterocycles. The smallest absolute Gasteiger partial charge is 0.0696 e. The van der Waals surface area contributed by atoms with Gasteiger partial charge in [0, 0.05) is 12.6 Å². The maximum Gasteiger partial charge on any atom is 0.0696 e. The summed E-state index contributed by atoms with van der Waals surface area (Å²) in [6.07, 6.45) is 4.89. The first-order valence-electron chi connectivity index (χ1n) is 7.31. The van der Waals surface area contributed by atoms with Crippen LogP contribution in [0.2, 0.25) is 0 Å². The van der Waals surface area contributed by atoms with Crippen LogP contribution in [0.4, 0.5) is 0 Å². The number of rotatable bonds is 4. The minimum absolute atomic E-state index is 0.0950. The summed E-state index contributed by atoms with van der Waals surface area (Å²) in [7, 11) is 0. The van der Waals surface area contributed by atoms with Gasteiger partial charge in [-0.25, -0.2) is 0 Å². The molecule has 0 saturated carbocycles. The van der Waals surface area contributed by atoms with Crippen LogP contribution < -0.4 is 0 Å². The normalized spacial score (nSPS) is 26.8. The molecule has 2 saturated heterocycles. The van der Waals surface area contributed by atoms with Crippen LogP contribution in [-0.2, 0) is 0 Å². The van der Waals surface area contributed by atoms with Crippen LogP contribution in [0.3, 0.4) is 0 Å². The van der Waals surface area contributed by atoms with Gasteiger partial charge in [-0.3, -0.25) is 0 Å². The Kier molecular flexibility index (Phi) is 4.83. The van der Waals surface area contributed by atoms with Gasteiger partial charge in [-0.15, -0.1) is 0 Å². The van der Waals surface area contributed by atoms with Crippen LogP contribution in [0, 0.1) is 5.92 Å². The first-order valence-corrected chi connectivity index (χ1v) is 7.31. The summed E-state index contributed by atoms with van der Waals surface area (Å²) in [4.78, 5) is 4.96. The lowest BCUT2D eigenvalue weighted by Gasteiger charge is -2.37. The Morgan fingerprint density at radius 2 is 1.65 bits per heavy atom. The number of piperidine rings is 1. The van der Waals surface area contributed by atoms with E-state index in [9.17, 15) is 5.11 Å². The van der Waals surface area contributed by atoms with Crippen molar-refractivity contribution in [2.45, 2.75) is 51.7 Å². The van der Waals surface area contributed by atoms with E-state index in [1.165, 1.54) is 51.9 Å². The van der Waals surface area contributed by atoms with Crippen molar-refractivity contribution in [2.75, 3.05) is 32.7 Å². The lowest BCUT2D eigenvalue weighted by Crippen LogP contribution is -2.44. The van der Waals surface area contributed by atoms with E-state index in [0.717, 1.165) is 6.54 Å². The van der Waals surface area contributed by atoms with Crippen molar-refractivity contribution in [3.63, 3.8) is 0 Å². The second-order valence-electron chi connectivity index (χ2n) is 6.04. The molecule has 2 heterocycles. The van der Waals surface area contributed by atoms with Gasteiger partial charge < -0.3 is 14.9 Å². The fourth-order valence-electron chi connectivity index (χ4n) is 3.20. The number of aliphatic hydroxyl groups is 1. The fourth-order valence-corrected chi connectivity index (χ4v) is 3.20. The van der Waals surface area contributed by atoms with Crippen LogP contribution in [0.15, 0.2) is 0 Å². The number of hydrogen-bond acceptors (Lipinski definition) is 3. The van der Waals surface area contributed by atoms with Crippen molar-refractivity contribution in [3.05, 3.63) is 0 Å². The van der Waals surface area contributed by atoms with Gasteiger partial charge in [-0.1, -0.05) is 0 Å². The van der Waals surface area contributed by atoms with Crippen molar-refractivity contribution in [1.29, 1.82) is 0 Å². The van der Waals surface area contributed by atoms with E-state index < -0.39 is 0 Å². The lowest BCUT2D eigenvalue weighted by atomic mass is 9.90. The molecule has 2 aliphatic rings. The summed E-state index contributed by atoms with van der Waals surface area (Å²) in [6.45, 7) is 10.2. The Morgan fingerprint density at radius 3 is 2.18 bits per heavy atom. The molecule has 1 atom stereocenters. The molecule has 0 spiro atoms.